The van der Waals surface area contributed by atoms with Crippen LogP contribution in [-0.4, -0.2) is 36.9 Å². The Bertz CT molecular complexity index is 452. The fourth-order valence-electron chi connectivity index (χ4n) is 2.63. The van der Waals surface area contributed by atoms with Crippen LogP contribution in [0.15, 0.2) is 18.2 Å². The van der Waals surface area contributed by atoms with Crippen molar-refractivity contribution in [1.29, 1.82) is 0 Å². The summed E-state index contributed by atoms with van der Waals surface area (Å²) in [5.74, 6) is 1.38. The minimum atomic E-state index is 0.369. The Labute approximate surface area is 121 Å². The van der Waals surface area contributed by atoms with Crippen molar-refractivity contribution in [2.75, 3.05) is 26.2 Å². The summed E-state index contributed by atoms with van der Waals surface area (Å²) in [6, 6.07) is 6.32. The molecule has 1 aromatic carbocycles. The lowest BCUT2D eigenvalue weighted by atomic mass is 10.0. The molecule has 0 saturated carbocycles. The zero-order valence-corrected chi connectivity index (χ0v) is 12.7. The van der Waals surface area contributed by atoms with Crippen molar-refractivity contribution in [3.05, 3.63) is 29.3 Å². The maximum Gasteiger partial charge on any atom is 0.134 e. The number of carbonyl (C=O) groups excluding carboxylic acids is 1. The second-order valence-electron chi connectivity index (χ2n) is 5.36. The second-order valence-corrected chi connectivity index (χ2v) is 5.36. The van der Waals surface area contributed by atoms with Crippen LogP contribution in [0.3, 0.4) is 0 Å². The van der Waals surface area contributed by atoms with E-state index in [1.54, 1.807) is 0 Å². The maximum absolute atomic E-state index is 11.9. The Balaban J connectivity index is 1.76. The van der Waals surface area contributed by atoms with Crippen molar-refractivity contribution in [3.8, 4) is 5.75 Å². The number of aryl methyl sites for hydroxylation is 1. The lowest BCUT2D eigenvalue weighted by Gasteiger charge is -2.17. The van der Waals surface area contributed by atoms with Crippen molar-refractivity contribution in [1.82, 2.24) is 4.90 Å². The molecule has 2 rings (SSSR count). The van der Waals surface area contributed by atoms with Gasteiger partial charge in [0.2, 0.25) is 0 Å². The van der Waals surface area contributed by atoms with Gasteiger partial charge in [0.25, 0.3) is 0 Å². The van der Waals surface area contributed by atoms with Crippen molar-refractivity contribution < 1.29 is 9.53 Å². The number of rotatable bonds is 8. The highest BCUT2D eigenvalue weighted by Gasteiger charge is 2.12. The van der Waals surface area contributed by atoms with Crippen LogP contribution in [0.1, 0.15) is 37.8 Å². The van der Waals surface area contributed by atoms with Gasteiger partial charge in [0.15, 0.2) is 0 Å². The van der Waals surface area contributed by atoms with E-state index in [2.05, 4.69) is 30.9 Å². The third kappa shape index (κ3) is 4.07. The topological polar surface area (TPSA) is 29.5 Å². The van der Waals surface area contributed by atoms with Crippen molar-refractivity contribution in [2.24, 2.45) is 0 Å². The zero-order valence-electron chi connectivity index (χ0n) is 12.7. The number of carbonyl (C=O) groups is 1. The third-order valence-electron chi connectivity index (χ3n) is 4.05. The standard InChI is InChI=1S/C17H25NO2/c1-3-18(4-2)11-9-16(19)7-5-14-6-8-17-15(13-14)10-12-20-17/h6,8,13H,3-5,7,9-12H2,1-2H3. The van der Waals surface area contributed by atoms with Crippen LogP contribution in [0.5, 0.6) is 5.75 Å². The normalized spacial score (nSPS) is 13.3. The SMILES string of the molecule is CCN(CC)CCC(=O)CCc1ccc2c(c1)CCO2. The minimum Gasteiger partial charge on any atom is -0.493 e. The molecule has 1 aliphatic rings. The Kier molecular flexibility index (Phi) is 5.60. The fourth-order valence-corrected chi connectivity index (χ4v) is 2.63. The van der Waals surface area contributed by atoms with Gasteiger partial charge in [0, 0.05) is 25.8 Å². The summed E-state index contributed by atoms with van der Waals surface area (Å²) in [5, 5.41) is 0. The third-order valence-corrected chi connectivity index (χ3v) is 4.05. The predicted molar refractivity (Wildman–Crippen MR) is 81.4 cm³/mol. The molecule has 1 aromatic rings. The molecule has 0 N–H and O–H groups in total. The molecule has 0 saturated heterocycles. The van der Waals surface area contributed by atoms with Gasteiger partial charge in [0.1, 0.15) is 11.5 Å². The van der Waals surface area contributed by atoms with Gasteiger partial charge in [-0.3, -0.25) is 4.79 Å². The largest absolute Gasteiger partial charge is 0.493 e. The van der Waals surface area contributed by atoms with E-state index >= 15 is 0 Å². The molecule has 3 heteroatoms. The quantitative estimate of drug-likeness (QED) is 0.730. The summed E-state index contributed by atoms with van der Waals surface area (Å²) in [5.41, 5.74) is 2.54. The van der Waals surface area contributed by atoms with E-state index in [4.69, 9.17) is 4.74 Å². The molecule has 0 radical (unpaired) electrons. The molecule has 0 aliphatic carbocycles. The Morgan fingerprint density at radius 2 is 2.05 bits per heavy atom. The Morgan fingerprint density at radius 1 is 1.25 bits per heavy atom. The first-order valence-electron chi connectivity index (χ1n) is 7.71. The van der Waals surface area contributed by atoms with Crippen molar-refractivity contribution in [2.45, 2.75) is 39.5 Å². The molecular formula is C17H25NO2. The molecule has 3 nitrogen and oxygen atoms in total. The first-order valence-corrected chi connectivity index (χ1v) is 7.71. The molecule has 1 heterocycles. The van der Waals surface area contributed by atoms with Gasteiger partial charge in [0.05, 0.1) is 6.61 Å². The maximum atomic E-state index is 11.9. The summed E-state index contributed by atoms with van der Waals surface area (Å²) in [4.78, 5) is 14.2. The summed E-state index contributed by atoms with van der Waals surface area (Å²) in [6.45, 7) is 8.01. The highest BCUT2D eigenvalue weighted by molar-refractivity contribution is 5.78. The summed E-state index contributed by atoms with van der Waals surface area (Å²) >= 11 is 0. The molecule has 0 amide bonds. The van der Waals surface area contributed by atoms with E-state index in [-0.39, 0.29) is 0 Å². The van der Waals surface area contributed by atoms with E-state index in [9.17, 15) is 4.79 Å². The number of ketones is 1. The van der Waals surface area contributed by atoms with Gasteiger partial charge in [-0.1, -0.05) is 26.0 Å². The predicted octanol–water partition coefficient (Wildman–Crippen LogP) is 2.86. The average molecular weight is 275 g/mol. The molecule has 0 aromatic heterocycles. The highest BCUT2D eigenvalue weighted by atomic mass is 16.5. The van der Waals surface area contributed by atoms with Crippen LogP contribution in [0, 0.1) is 0 Å². The smallest absolute Gasteiger partial charge is 0.134 e. The molecule has 0 fully saturated rings. The van der Waals surface area contributed by atoms with E-state index < -0.39 is 0 Å². The van der Waals surface area contributed by atoms with E-state index in [0.29, 0.717) is 18.6 Å². The minimum absolute atomic E-state index is 0.369. The number of benzene rings is 1. The van der Waals surface area contributed by atoms with Gasteiger partial charge >= 0.3 is 0 Å². The Hall–Kier alpha value is -1.35. The number of Topliss-reactive ketones (excluding diaryl/α,β-unsaturated/α-hetero) is 1. The van der Waals surface area contributed by atoms with Crippen LogP contribution in [-0.2, 0) is 17.6 Å². The first kappa shape index (κ1) is 15.0. The summed E-state index contributed by atoms with van der Waals surface area (Å²) in [7, 11) is 0. The van der Waals surface area contributed by atoms with Crippen LogP contribution in [0.2, 0.25) is 0 Å². The monoisotopic (exact) mass is 275 g/mol. The van der Waals surface area contributed by atoms with Crippen molar-refractivity contribution >= 4 is 5.78 Å². The lowest BCUT2D eigenvalue weighted by Crippen LogP contribution is -2.25. The van der Waals surface area contributed by atoms with E-state index in [1.165, 1.54) is 11.1 Å². The molecule has 20 heavy (non-hydrogen) atoms. The van der Waals surface area contributed by atoms with Gasteiger partial charge < -0.3 is 9.64 Å². The average Bonchev–Trinajstić information content (AvgIpc) is 2.93. The number of hydrogen-bond donors (Lipinski definition) is 0. The molecule has 0 unspecified atom stereocenters. The van der Waals surface area contributed by atoms with E-state index in [0.717, 1.165) is 44.8 Å². The molecule has 1 aliphatic heterocycles. The molecular weight excluding hydrogens is 250 g/mol. The van der Waals surface area contributed by atoms with Gasteiger partial charge in [-0.05, 0) is 36.7 Å². The number of hydrogen-bond acceptors (Lipinski definition) is 3. The Morgan fingerprint density at radius 3 is 2.80 bits per heavy atom. The van der Waals surface area contributed by atoms with Crippen LogP contribution < -0.4 is 4.74 Å². The van der Waals surface area contributed by atoms with Crippen LogP contribution in [0.4, 0.5) is 0 Å². The fraction of sp³-hybridized carbons (Fsp3) is 0.588. The molecule has 0 spiro atoms. The summed E-state index contributed by atoms with van der Waals surface area (Å²) in [6.07, 6.45) is 3.18. The molecule has 110 valence electrons. The number of fused-ring (bicyclic) bond motifs is 1. The number of ether oxygens (including phenoxy) is 1. The summed E-state index contributed by atoms with van der Waals surface area (Å²) < 4.78 is 5.50. The lowest BCUT2D eigenvalue weighted by molar-refractivity contribution is -0.119. The van der Waals surface area contributed by atoms with Crippen LogP contribution >= 0.6 is 0 Å². The van der Waals surface area contributed by atoms with Gasteiger partial charge in [-0.2, -0.15) is 0 Å². The molecule has 0 bridgehead atoms. The zero-order chi connectivity index (χ0) is 14.4. The second kappa shape index (κ2) is 7.44. The first-order chi connectivity index (χ1) is 9.72. The molecule has 0 atom stereocenters. The van der Waals surface area contributed by atoms with Gasteiger partial charge in [-0.25, -0.2) is 0 Å². The number of nitrogens with zero attached hydrogens (tertiary/aromatic N) is 1. The highest BCUT2D eigenvalue weighted by Crippen LogP contribution is 2.26. The van der Waals surface area contributed by atoms with E-state index in [1.807, 2.05) is 6.07 Å². The van der Waals surface area contributed by atoms with Crippen molar-refractivity contribution in [3.63, 3.8) is 0 Å². The van der Waals surface area contributed by atoms with Crippen LogP contribution in [0.25, 0.3) is 0 Å². The van der Waals surface area contributed by atoms with Gasteiger partial charge in [-0.15, -0.1) is 0 Å².